The SMILES string of the molecule is Cc1c[n+](-c2cc(NC(=O)c3ccc(C)c(Nc4nccc(-c5ccc[n+](COC(=O)Cc6ccccc6)c5)n4)c3)cc(C(F)(F)F)c2)c[nH]1. The van der Waals surface area contributed by atoms with Gasteiger partial charge in [-0.15, -0.1) is 0 Å². The van der Waals surface area contributed by atoms with Crippen molar-refractivity contribution in [3.05, 3.63) is 144 Å². The molecule has 0 radical (unpaired) electrons. The first-order chi connectivity index (χ1) is 24.0. The van der Waals surface area contributed by atoms with Crippen LogP contribution < -0.4 is 19.8 Å². The van der Waals surface area contributed by atoms with Crippen molar-refractivity contribution in [1.82, 2.24) is 15.0 Å². The number of aromatic amines is 1. The Bertz CT molecular complexity index is 2170. The smallest absolute Gasteiger partial charge is 0.405 e. The molecule has 10 nitrogen and oxygen atoms in total. The Morgan fingerprint density at radius 2 is 1.76 bits per heavy atom. The van der Waals surface area contributed by atoms with Gasteiger partial charge in [-0.1, -0.05) is 36.4 Å². The fourth-order valence-corrected chi connectivity index (χ4v) is 5.11. The number of carbonyl (C=O) groups is 2. The highest BCUT2D eigenvalue weighted by Gasteiger charge is 2.32. The van der Waals surface area contributed by atoms with Crippen LogP contribution in [0, 0.1) is 13.8 Å². The topological polar surface area (TPSA) is 117 Å². The largest absolute Gasteiger partial charge is 0.416 e. The van der Waals surface area contributed by atoms with E-state index in [2.05, 4.69) is 25.6 Å². The molecule has 0 fully saturated rings. The normalized spacial score (nSPS) is 11.2. The molecule has 3 heterocycles. The number of hydrogen-bond donors (Lipinski definition) is 3. The molecule has 0 atom stereocenters. The van der Waals surface area contributed by atoms with Gasteiger partial charge in [0.2, 0.25) is 12.3 Å². The predicted octanol–water partition coefficient (Wildman–Crippen LogP) is 6.41. The molecule has 1 amide bonds. The number of ether oxygens (including phenoxy) is 1. The molecule has 0 unspecified atom stereocenters. The number of rotatable bonds is 10. The van der Waals surface area contributed by atoms with Crippen molar-refractivity contribution in [2.24, 2.45) is 0 Å². The number of nitrogens with one attached hydrogen (secondary N) is 3. The molecule has 3 N–H and O–H groups in total. The van der Waals surface area contributed by atoms with Crippen LogP contribution in [-0.4, -0.2) is 26.8 Å². The first kappa shape index (κ1) is 33.5. The fraction of sp³-hybridized carbons (Fsp3) is 0.135. The monoisotopic (exact) mass is 679 g/mol. The second-order valence-corrected chi connectivity index (χ2v) is 11.5. The first-order valence-corrected chi connectivity index (χ1v) is 15.5. The van der Waals surface area contributed by atoms with Crippen molar-refractivity contribution >= 4 is 29.2 Å². The van der Waals surface area contributed by atoms with Gasteiger partial charge in [0.25, 0.3) is 12.6 Å². The van der Waals surface area contributed by atoms with Crippen LogP contribution in [0.25, 0.3) is 16.9 Å². The van der Waals surface area contributed by atoms with Crippen LogP contribution in [0.3, 0.4) is 0 Å². The van der Waals surface area contributed by atoms with E-state index in [0.717, 1.165) is 34.5 Å². The second kappa shape index (κ2) is 14.4. The number of benzene rings is 3. The molecule has 13 heteroatoms. The van der Waals surface area contributed by atoms with E-state index in [9.17, 15) is 22.8 Å². The maximum atomic E-state index is 13.8. The molecule has 3 aromatic carbocycles. The number of aromatic nitrogens is 5. The zero-order valence-corrected chi connectivity index (χ0v) is 27.0. The fourth-order valence-electron chi connectivity index (χ4n) is 5.11. The minimum atomic E-state index is -4.62. The average molecular weight is 680 g/mol. The number of H-pyrrole nitrogens is 1. The van der Waals surface area contributed by atoms with Crippen LogP contribution >= 0.6 is 0 Å². The summed E-state index contributed by atoms with van der Waals surface area (Å²) in [6.07, 6.45) is 3.90. The number of alkyl halides is 3. The lowest BCUT2D eigenvalue weighted by atomic mass is 10.1. The van der Waals surface area contributed by atoms with Crippen LogP contribution in [0.15, 0.2) is 116 Å². The molecular formula is C37H32F3N7O3+2. The van der Waals surface area contributed by atoms with Crippen molar-refractivity contribution < 1.29 is 36.6 Å². The number of aryl methyl sites for hydroxylation is 2. The highest BCUT2D eigenvalue weighted by Crippen LogP contribution is 2.32. The van der Waals surface area contributed by atoms with Crippen molar-refractivity contribution in [2.45, 2.75) is 33.2 Å². The van der Waals surface area contributed by atoms with Crippen LogP contribution in [0.1, 0.15) is 32.7 Å². The van der Waals surface area contributed by atoms with E-state index < -0.39 is 17.6 Å². The zero-order valence-electron chi connectivity index (χ0n) is 27.0. The van der Waals surface area contributed by atoms with Crippen molar-refractivity contribution in [3.8, 4) is 16.9 Å². The Balaban J connectivity index is 1.16. The van der Waals surface area contributed by atoms with Crippen molar-refractivity contribution in [3.63, 3.8) is 0 Å². The number of anilines is 3. The van der Waals surface area contributed by atoms with Gasteiger partial charge in [0.15, 0.2) is 12.4 Å². The van der Waals surface area contributed by atoms with Gasteiger partial charge in [-0.3, -0.25) is 9.59 Å². The number of pyridine rings is 1. The first-order valence-electron chi connectivity index (χ1n) is 15.5. The predicted molar refractivity (Wildman–Crippen MR) is 178 cm³/mol. The Morgan fingerprint density at radius 1 is 0.940 bits per heavy atom. The number of imidazole rings is 1. The molecule has 0 aliphatic carbocycles. The molecule has 6 rings (SSSR count). The van der Waals surface area contributed by atoms with Crippen molar-refractivity contribution in [2.75, 3.05) is 10.6 Å². The Morgan fingerprint density at radius 3 is 2.52 bits per heavy atom. The lowest BCUT2D eigenvalue weighted by molar-refractivity contribution is -0.727. The van der Waals surface area contributed by atoms with Gasteiger partial charge >= 0.3 is 12.1 Å². The summed E-state index contributed by atoms with van der Waals surface area (Å²) in [6.45, 7) is 3.64. The lowest BCUT2D eigenvalue weighted by Gasteiger charge is -2.13. The summed E-state index contributed by atoms with van der Waals surface area (Å²) in [6, 6.07) is 23.0. The Kier molecular flexibility index (Phi) is 9.66. The average Bonchev–Trinajstić information content (AvgIpc) is 3.55. The van der Waals surface area contributed by atoms with E-state index in [1.807, 2.05) is 49.4 Å². The maximum absolute atomic E-state index is 13.8. The summed E-state index contributed by atoms with van der Waals surface area (Å²) in [5.41, 5.74) is 3.82. The molecule has 0 bridgehead atoms. The molecule has 0 aliphatic rings. The maximum Gasteiger partial charge on any atom is 0.416 e. The molecule has 0 saturated carbocycles. The van der Waals surface area contributed by atoms with Gasteiger partial charge in [0.1, 0.15) is 17.6 Å². The summed E-state index contributed by atoms with van der Waals surface area (Å²) < 4.78 is 49.9. The molecule has 0 saturated heterocycles. The summed E-state index contributed by atoms with van der Waals surface area (Å²) in [4.78, 5) is 37.5. The van der Waals surface area contributed by atoms with Gasteiger partial charge in [-0.2, -0.15) is 17.7 Å². The third kappa shape index (κ3) is 8.37. The summed E-state index contributed by atoms with van der Waals surface area (Å²) in [5.74, 6) is -0.685. The number of carbonyl (C=O) groups excluding carboxylic acids is 2. The van der Waals surface area contributed by atoms with E-state index >= 15 is 0 Å². The highest BCUT2D eigenvalue weighted by atomic mass is 19.4. The lowest BCUT2D eigenvalue weighted by Crippen LogP contribution is -2.35. The molecule has 0 spiro atoms. The third-order valence-corrected chi connectivity index (χ3v) is 7.69. The van der Waals surface area contributed by atoms with Crippen LogP contribution in [0.2, 0.25) is 0 Å². The third-order valence-electron chi connectivity index (χ3n) is 7.69. The minimum Gasteiger partial charge on any atom is -0.405 e. The quantitative estimate of drug-likeness (QED) is 0.114. The standard InChI is InChI=1S/C37H30F3N7O3/c1-24-10-11-27(35(49)43-30-17-29(37(38,39)40)18-31(19-30)47-20-25(2)42-22-47)16-33(24)45-36-41-13-12-32(44-36)28-9-6-14-46(21-28)23-50-34(48)15-26-7-4-3-5-8-26/h3-14,16-22H,15,23H2,1-2H3,(H-,41,43,44,45,49)/p+2. The molecular weight excluding hydrogens is 647 g/mol. The minimum absolute atomic E-state index is 0.0108. The summed E-state index contributed by atoms with van der Waals surface area (Å²) in [5, 5.41) is 5.76. The molecule has 252 valence electrons. The number of amides is 1. The highest BCUT2D eigenvalue weighted by molar-refractivity contribution is 6.05. The molecule has 6 aromatic rings. The van der Waals surface area contributed by atoms with E-state index in [-0.39, 0.29) is 42.0 Å². The second-order valence-electron chi connectivity index (χ2n) is 11.5. The van der Waals surface area contributed by atoms with Gasteiger partial charge in [0, 0.05) is 42.2 Å². The number of halogens is 3. The van der Waals surface area contributed by atoms with E-state index in [0.29, 0.717) is 11.4 Å². The van der Waals surface area contributed by atoms with E-state index in [1.165, 1.54) is 17.0 Å². The van der Waals surface area contributed by atoms with Gasteiger partial charge in [-0.25, -0.2) is 19.5 Å². The molecule has 0 aliphatic heterocycles. The summed E-state index contributed by atoms with van der Waals surface area (Å²) in [7, 11) is 0. The van der Waals surface area contributed by atoms with Gasteiger partial charge < -0.3 is 15.4 Å². The van der Waals surface area contributed by atoms with Crippen LogP contribution in [0.4, 0.5) is 30.5 Å². The molecule has 3 aromatic heterocycles. The van der Waals surface area contributed by atoms with Crippen LogP contribution in [-0.2, 0) is 28.9 Å². The number of esters is 1. The molecule has 50 heavy (non-hydrogen) atoms. The number of nitrogens with zero attached hydrogens (tertiary/aromatic N) is 4. The van der Waals surface area contributed by atoms with E-state index in [4.69, 9.17) is 4.74 Å². The Labute approximate surface area is 285 Å². The zero-order chi connectivity index (χ0) is 35.3. The van der Waals surface area contributed by atoms with Gasteiger partial charge in [0.05, 0.1) is 23.2 Å². The van der Waals surface area contributed by atoms with E-state index in [1.54, 1.807) is 60.5 Å². The summed E-state index contributed by atoms with van der Waals surface area (Å²) >= 11 is 0. The Hall–Kier alpha value is -6.37. The van der Waals surface area contributed by atoms with Crippen LogP contribution in [0.5, 0.6) is 0 Å². The number of hydrogen-bond acceptors (Lipinski definition) is 6. The van der Waals surface area contributed by atoms with Crippen molar-refractivity contribution in [1.29, 1.82) is 0 Å². The van der Waals surface area contributed by atoms with Gasteiger partial charge in [-0.05, 0) is 54.4 Å².